The van der Waals surface area contributed by atoms with Gasteiger partial charge in [-0.25, -0.2) is 4.79 Å². The van der Waals surface area contributed by atoms with Crippen molar-refractivity contribution in [3.8, 4) is 16.9 Å². The number of hydrogen-bond donors (Lipinski definition) is 0. The van der Waals surface area contributed by atoms with Crippen LogP contribution in [0.2, 0.25) is 0 Å². The van der Waals surface area contributed by atoms with E-state index in [2.05, 4.69) is 36.4 Å². The maximum Gasteiger partial charge on any atom is 0.330 e. The van der Waals surface area contributed by atoms with Crippen molar-refractivity contribution in [2.24, 2.45) is 0 Å². The van der Waals surface area contributed by atoms with Crippen LogP contribution in [0.3, 0.4) is 0 Å². The summed E-state index contributed by atoms with van der Waals surface area (Å²) in [5.41, 5.74) is 4.14. The highest BCUT2D eigenvalue weighted by Gasteiger charge is 2.53. The van der Waals surface area contributed by atoms with Gasteiger partial charge in [-0.05, 0) is 33.5 Å². The zero-order valence-corrected chi connectivity index (χ0v) is 15.1. The lowest BCUT2D eigenvalue weighted by molar-refractivity contribution is -0.135. The smallest absolute Gasteiger partial charge is 0.330 e. The molecular formula is C26H16O2. The Labute approximate surface area is 162 Å². The Kier molecular flexibility index (Phi) is 2.99. The maximum atomic E-state index is 13.4. The second kappa shape index (κ2) is 5.43. The summed E-state index contributed by atoms with van der Waals surface area (Å²) >= 11 is 0. The van der Waals surface area contributed by atoms with Gasteiger partial charge >= 0.3 is 5.97 Å². The molecule has 0 aromatic heterocycles. The van der Waals surface area contributed by atoms with Crippen molar-refractivity contribution >= 4 is 22.8 Å². The van der Waals surface area contributed by atoms with Gasteiger partial charge in [-0.2, -0.15) is 0 Å². The molecule has 1 spiro atoms. The zero-order chi connectivity index (χ0) is 18.7. The number of carbonyl (C=O) groups excluding carboxylic acids is 1. The first-order valence-corrected chi connectivity index (χ1v) is 9.42. The predicted molar refractivity (Wildman–Crippen MR) is 111 cm³/mol. The second-order valence-electron chi connectivity index (χ2n) is 7.33. The summed E-state index contributed by atoms with van der Waals surface area (Å²) in [5, 5.41) is 2.17. The van der Waals surface area contributed by atoms with Crippen LogP contribution in [-0.4, -0.2) is 5.97 Å². The quantitative estimate of drug-likeness (QED) is 0.320. The fraction of sp³-hybridized carbons (Fsp3) is 0.0385. The molecule has 4 aromatic carbocycles. The average molecular weight is 360 g/mol. The van der Waals surface area contributed by atoms with Gasteiger partial charge in [0, 0.05) is 11.1 Å². The Morgan fingerprint density at radius 3 is 2.43 bits per heavy atom. The second-order valence-corrected chi connectivity index (χ2v) is 7.33. The van der Waals surface area contributed by atoms with E-state index in [4.69, 9.17) is 4.74 Å². The predicted octanol–water partition coefficient (Wildman–Crippen LogP) is 5.74. The van der Waals surface area contributed by atoms with E-state index < -0.39 is 5.41 Å². The molecule has 0 saturated carbocycles. The van der Waals surface area contributed by atoms with Crippen LogP contribution < -0.4 is 4.74 Å². The lowest BCUT2D eigenvalue weighted by Crippen LogP contribution is -2.31. The molecule has 4 aromatic rings. The van der Waals surface area contributed by atoms with E-state index in [1.807, 2.05) is 60.7 Å². The summed E-state index contributed by atoms with van der Waals surface area (Å²) in [6.07, 6.45) is 4.04. The Morgan fingerprint density at radius 1 is 0.786 bits per heavy atom. The third kappa shape index (κ3) is 1.84. The average Bonchev–Trinajstić information content (AvgIpc) is 3.28. The molecule has 1 heterocycles. The first kappa shape index (κ1) is 15.4. The van der Waals surface area contributed by atoms with E-state index in [1.165, 1.54) is 0 Å². The SMILES string of the molecule is O=C1Oc2c(-c3ccccc3)cc3ccccc3c2C12C=Cc1ccccc12. The molecule has 2 aliphatic rings. The number of ether oxygens (including phenoxy) is 1. The first-order chi connectivity index (χ1) is 13.8. The largest absolute Gasteiger partial charge is 0.424 e. The van der Waals surface area contributed by atoms with Crippen molar-refractivity contribution in [3.63, 3.8) is 0 Å². The molecule has 0 saturated heterocycles. The fourth-order valence-electron chi connectivity index (χ4n) is 4.64. The highest BCUT2D eigenvalue weighted by molar-refractivity contribution is 6.09. The fourth-order valence-corrected chi connectivity index (χ4v) is 4.64. The van der Waals surface area contributed by atoms with Crippen LogP contribution in [0.4, 0.5) is 0 Å². The van der Waals surface area contributed by atoms with E-state index in [9.17, 15) is 4.79 Å². The Balaban J connectivity index is 1.77. The van der Waals surface area contributed by atoms with Crippen molar-refractivity contribution < 1.29 is 9.53 Å². The Morgan fingerprint density at radius 2 is 1.54 bits per heavy atom. The molecule has 0 radical (unpaired) electrons. The summed E-state index contributed by atoms with van der Waals surface area (Å²) in [6, 6.07) is 28.6. The molecule has 0 bridgehead atoms. The highest BCUT2D eigenvalue weighted by atomic mass is 16.5. The van der Waals surface area contributed by atoms with Crippen molar-refractivity contribution in [2.75, 3.05) is 0 Å². The minimum Gasteiger partial charge on any atom is -0.424 e. The molecule has 132 valence electrons. The van der Waals surface area contributed by atoms with Crippen LogP contribution in [0.1, 0.15) is 16.7 Å². The normalized spacial score (nSPS) is 19.1. The number of benzene rings is 4. The molecular weight excluding hydrogens is 344 g/mol. The lowest BCUT2D eigenvalue weighted by Gasteiger charge is -2.22. The topological polar surface area (TPSA) is 26.3 Å². The molecule has 1 unspecified atom stereocenters. The first-order valence-electron chi connectivity index (χ1n) is 9.42. The summed E-state index contributed by atoms with van der Waals surface area (Å²) < 4.78 is 6.00. The highest BCUT2D eigenvalue weighted by Crippen LogP contribution is 2.55. The standard InChI is InChI=1S/C26H16O2/c27-25-26(15-14-18-10-5-7-13-22(18)26)23-20-12-6-4-11-19(20)16-21(24(23)28-25)17-8-2-1-3-9-17/h1-16H. The number of carbonyl (C=O) groups is 1. The number of esters is 1. The van der Waals surface area contributed by atoms with Gasteiger partial charge < -0.3 is 4.74 Å². The summed E-state index contributed by atoms with van der Waals surface area (Å²) in [5.74, 6) is 0.452. The van der Waals surface area contributed by atoms with Crippen molar-refractivity contribution in [3.05, 3.63) is 108 Å². The van der Waals surface area contributed by atoms with Crippen LogP contribution in [-0.2, 0) is 10.2 Å². The monoisotopic (exact) mass is 360 g/mol. The van der Waals surface area contributed by atoms with Crippen molar-refractivity contribution in [1.82, 2.24) is 0 Å². The van der Waals surface area contributed by atoms with Gasteiger partial charge in [-0.1, -0.05) is 91.0 Å². The van der Waals surface area contributed by atoms with E-state index in [0.29, 0.717) is 5.75 Å². The van der Waals surface area contributed by atoms with Gasteiger partial charge in [0.2, 0.25) is 0 Å². The minimum atomic E-state index is -0.879. The molecule has 2 heteroatoms. The van der Waals surface area contributed by atoms with E-state index in [-0.39, 0.29) is 5.97 Å². The molecule has 1 aliphatic heterocycles. The summed E-state index contributed by atoms with van der Waals surface area (Å²) in [7, 11) is 0. The van der Waals surface area contributed by atoms with E-state index >= 15 is 0 Å². The minimum absolute atomic E-state index is 0.225. The molecule has 28 heavy (non-hydrogen) atoms. The van der Waals surface area contributed by atoms with Crippen LogP contribution in [0.25, 0.3) is 28.0 Å². The van der Waals surface area contributed by atoms with E-state index in [1.54, 1.807) is 0 Å². The number of rotatable bonds is 1. The zero-order valence-electron chi connectivity index (χ0n) is 15.1. The molecule has 1 aliphatic carbocycles. The van der Waals surface area contributed by atoms with Gasteiger partial charge in [0.1, 0.15) is 11.2 Å². The summed E-state index contributed by atoms with van der Waals surface area (Å²) in [4.78, 5) is 13.4. The van der Waals surface area contributed by atoms with Gasteiger partial charge in [0.25, 0.3) is 0 Å². The molecule has 0 amide bonds. The third-order valence-electron chi connectivity index (χ3n) is 5.90. The Hall–Kier alpha value is -3.65. The van der Waals surface area contributed by atoms with Crippen LogP contribution in [0, 0.1) is 0 Å². The molecule has 0 fully saturated rings. The molecule has 2 nitrogen and oxygen atoms in total. The van der Waals surface area contributed by atoms with Gasteiger partial charge in [0.05, 0.1) is 0 Å². The van der Waals surface area contributed by atoms with Crippen molar-refractivity contribution in [2.45, 2.75) is 5.41 Å². The van der Waals surface area contributed by atoms with Gasteiger partial charge in [0.15, 0.2) is 0 Å². The van der Waals surface area contributed by atoms with Crippen LogP contribution in [0.5, 0.6) is 5.75 Å². The molecule has 1 atom stereocenters. The molecule has 6 rings (SSSR count). The third-order valence-corrected chi connectivity index (χ3v) is 5.90. The van der Waals surface area contributed by atoms with Gasteiger partial charge in [-0.15, -0.1) is 0 Å². The number of hydrogen-bond acceptors (Lipinski definition) is 2. The van der Waals surface area contributed by atoms with Crippen LogP contribution in [0.15, 0.2) is 91.0 Å². The maximum absolute atomic E-state index is 13.4. The van der Waals surface area contributed by atoms with Crippen LogP contribution >= 0.6 is 0 Å². The Bertz CT molecular complexity index is 1300. The summed E-state index contributed by atoms with van der Waals surface area (Å²) in [6.45, 7) is 0. The lowest BCUT2D eigenvalue weighted by atomic mass is 9.74. The van der Waals surface area contributed by atoms with E-state index in [0.717, 1.165) is 38.6 Å². The van der Waals surface area contributed by atoms with Gasteiger partial charge in [-0.3, -0.25) is 0 Å². The number of fused-ring (bicyclic) bond motifs is 6. The molecule has 0 N–H and O–H groups in total. The van der Waals surface area contributed by atoms with Crippen molar-refractivity contribution in [1.29, 1.82) is 0 Å².